The SMILES string of the molecule is Cc1cccc(-c2cc3c(=O)[nH]cc([N+](=O)[O-])c3s2)c1. The number of hydrogen-bond acceptors (Lipinski definition) is 4. The van der Waals surface area contributed by atoms with Gasteiger partial charge in [0.15, 0.2) is 0 Å². The van der Waals surface area contributed by atoms with E-state index in [0.717, 1.165) is 22.2 Å². The van der Waals surface area contributed by atoms with Crippen LogP contribution in [-0.2, 0) is 0 Å². The third-order valence-corrected chi connectivity index (χ3v) is 4.26. The molecule has 0 amide bonds. The van der Waals surface area contributed by atoms with Crippen molar-refractivity contribution in [1.29, 1.82) is 0 Å². The van der Waals surface area contributed by atoms with Gasteiger partial charge in [0.05, 0.1) is 16.5 Å². The van der Waals surface area contributed by atoms with Crippen molar-refractivity contribution >= 4 is 27.1 Å². The van der Waals surface area contributed by atoms with E-state index < -0.39 is 4.92 Å². The molecule has 2 aromatic heterocycles. The minimum atomic E-state index is -0.477. The number of benzene rings is 1. The normalized spacial score (nSPS) is 10.8. The number of pyridine rings is 1. The van der Waals surface area contributed by atoms with Crippen molar-refractivity contribution in [3.05, 3.63) is 62.6 Å². The van der Waals surface area contributed by atoms with Crippen molar-refractivity contribution in [2.75, 3.05) is 0 Å². The Kier molecular flexibility index (Phi) is 2.87. The van der Waals surface area contributed by atoms with E-state index in [2.05, 4.69) is 4.98 Å². The minimum Gasteiger partial charge on any atom is -0.322 e. The molecule has 0 aliphatic carbocycles. The summed E-state index contributed by atoms with van der Waals surface area (Å²) >= 11 is 1.27. The molecule has 100 valence electrons. The van der Waals surface area contributed by atoms with Crippen LogP contribution in [0.1, 0.15) is 5.56 Å². The zero-order valence-corrected chi connectivity index (χ0v) is 11.4. The number of fused-ring (bicyclic) bond motifs is 1. The van der Waals surface area contributed by atoms with Crippen molar-refractivity contribution in [2.45, 2.75) is 6.92 Å². The van der Waals surface area contributed by atoms with Crippen LogP contribution in [0, 0.1) is 17.0 Å². The highest BCUT2D eigenvalue weighted by Gasteiger charge is 2.18. The van der Waals surface area contributed by atoms with E-state index in [0.29, 0.717) is 10.1 Å². The first-order chi connectivity index (χ1) is 9.56. The molecule has 6 heteroatoms. The summed E-state index contributed by atoms with van der Waals surface area (Å²) in [6, 6.07) is 9.53. The van der Waals surface area contributed by atoms with E-state index in [1.54, 1.807) is 6.07 Å². The number of nitrogens with one attached hydrogen (secondary N) is 1. The van der Waals surface area contributed by atoms with Crippen LogP contribution >= 0.6 is 11.3 Å². The zero-order chi connectivity index (χ0) is 14.3. The summed E-state index contributed by atoms with van der Waals surface area (Å²) in [6.07, 6.45) is 1.15. The van der Waals surface area contributed by atoms with Crippen molar-refractivity contribution < 1.29 is 4.92 Å². The number of rotatable bonds is 2. The van der Waals surface area contributed by atoms with Gasteiger partial charge in [-0.2, -0.15) is 0 Å². The second-order valence-electron chi connectivity index (χ2n) is 4.48. The number of nitrogens with zero attached hydrogens (tertiary/aromatic N) is 1. The fourth-order valence-corrected chi connectivity index (χ4v) is 3.24. The van der Waals surface area contributed by atoms with Gasteiger partial charge in [0.1, 0.15) is 4.70 Å². The maximum atomic E-state index is 11.8. The van der Waals surface area contributed by atoms with Gasteiger partial charge in [-0.25, -0.2) is 0 Å². The Balaban J connectivity index is 2.30. The molecule has 0 unspecified atom stereocenters. The predicted octanol–water partition coefficient (Wildman–Crippen LogP) is 3.47. The average Bonchev–Trinajstić information content (AvgIpc) is 2.84. The molecular formula is C14H10N2O3S. The number of hydrogen-bond donors (Lipinski definition) is 1. The fraction of sp³-hybridized carbons (Fsp3) is 0.0714. The molecule has 0 aliphatic heterocycles. The molecule has 0 fully saturated rings. The predicted molar refractivity (Wildman–Crippen MR) is 79.3 cm³/mol. The molecule has 0 aliphatic rings. The summed E-state index contributed by atoms with van der Waals surface area (Å²) in [5.74, 6) is 0. The van der Waals surface area contributed by atoms with Gasteiger partial charge in [-0.1, -0.05) is 29.8 Å². The van der Waals surface area contributed by atoms with Gasteiger partial charge in [-0.15, -0.1) is 11.3 Å². The highest BCUT2D eigenvalue weighted by Crippen LogP contribution is 2.36. The molecule has 0 radical (unpaired) electrons. The van der Waals surface area contributed by atoms with Gasteiger partial charge in [0, 0.05) is 4.88 Å². The molecule has 0 bridgehead atoms. The largest absolute Gasteiger partial charge is 0.322 e. The van der Waals surface area contributed by atoms with Gasteiger partial charge < -0.3 is 4.98 Å². The van der Waals surface area contributed by atoms with Gasteiger partial charge >= 0.3 is 5.69 Å². The van der Waals surface area contributed by atoms with Crippen molar-refractivity contribution in [3.63, 3.8) is 0 Å². The fourth-order valence-electron chi connectivity index (χ4n) is 2.10. The monoisotopic (exact) mass is 286 g/mol. The van der Waals surface area contributed by atoms with E-state index in [9.17, 15) is 14.9 Å². The number of aryl methyl sites for hydroxylation is 1. The van der Waals surface area contributed by atoms with Crippen LogP contribution in [0.25, 0.3) is 20.5 Å². The molecule has 0 atom stereocenters. The Morgan fingerprint density at radius 1 is 1.30 bits per heavy atom. The quantitative estimate of drug-likeness (QED) is 0.579. The number of thiophene rings is 1. The minimum absolute atomic E-state index is 0.0662. The van der Waals surface area contributed by atoms with Crippen LogP contribution in [0.15, 0.2) is 41.3 Å². The van der Waals surface area contributed by atoms with Crippen LogP contribution in [0.5, 0.6) is 0 Å². The van der Waals surface area contributed by atoms with Crippen LogP contribution in [0.2, 0.25) is 0 Å². The maximum Gasteiger partial charge on any atom is 0.303 e. The Labute approximate surface area is 117 Å². The van der Waals surface area contributed by atoms with Crippen molar-refractivity contribution in [2.24, 2.45) is 0 Å². The second-order valence-corrected chi connectivity index (χ2v) is 5.54. The highest BCUT2D eigenvalue weighted by molar-refractivity contribution is 7.22. The lowest BCUT2D eigenvalue weighted by molar-refractivity contribution is -0.383. The van der Waals surface area contributed by atoms with Crippen LogP contribution in [-0.4, -0.2) is 9.91 Å². The topological polar surface area (TPSA) is 76.0 Å². The molecule has 3 rings (SSSR count). The number of aromatic amines is 1. The third kappa shape index (κ3) is 2.00. The lowest BCUT2D eigenvalue weighted by atomic mass is 10.1. The lowest BCUT2D eigenvalue weighted by Gasteiger charge is -1.97. The van der Waals surface area contributed by atoms with Crippen molar-refractivity contribution in [1.82, 2.24) is 4.98 Å². The summed E-state index contributed by atoms with van der Waals surface area (Å²) in [6.45, 7) is 1.98. The molecule has 2 heterocycles. The van der Waals surface area contributed by atoms with Gasteiger partial charge in [0.25, 0.3) is 5.56 Å². The molecule has 5 nitrogen and oxygen atoms in total. The Hall–Kier alpha value is -2.47. The first-order valence-electron chi connectivity index (χ1n) is 5.93. The van der Waals surface area contributed by atoms with Crippen molar-refractivity contribution in [3.8, 4) is 10.4 Å². The van der Waals surface area contributed by atoms with E-state index in [1.165, 1.54) is 11.3 Å². The number of nitro groups is 1. The van der Waals surface area contributed by atoms with Crippen LogP contribution in [0.3, 0.4) is 0 Å². The molecule has 0 spiro atoms. The first kappa shape index (κ1) is 12.6. The number of H-pyrrole nitrogens is 1. The Morgan fingerprint density at radius 2 is 2.10 bits per heavy atom. The number of aromatic nitrogens is 1. The first-order valence-corrected chi connectivity index (χ1v) is 6.74. The van der Waals surface area contributed by atoms with Crippen LogP contribution in [0.4, 0.5) is 5.69 Å². The Morgan fingerprint density at radius 3 is 2.80 bits per heavy atom. The maximum absolute atomic E-state index is 11.8. The van der Waals surface area contributed by atoms with Gasteiger partial charge in [-0.05, 0) is 18.6 Å². The van der Waals surface area contributed by atoms with E-state index in [-0.39, 0.29) is 11.2 Å². The smallest absolute Gasteiger partial charge is 0.303 e. The molecule has 20 heavy (non-hydrogen) atoms. The third-order valence-electron chi connectivity index (χ3n) is 3.05. The van der Waals surface area contributed by atoms with Gasteiger partial charge in [0.2, 0.25) is 0 Å². The van der Waals surface area contributed by atoms with Gasteiger partial charge in [-0.3, -0.25) is 14.9 Å². The summed E-state index contributed by atoms with van der Waals surface area (Å²) in [7, 11) is 0. The summed E-state index contributed by atoms with van der Waals surface area (Å²) < 4.78 is 0.412. The van der Waals surface area contributed by atoms with Crippen LogP contribution < -0.4 is 5.56 Å². The molecule has 1 N–H and O–H groups in total. The highest BCUT2D eigenvalue weighted by atomic mass is 32.1. The second kappa shape index (κ2) is 4.57. The average molecular weight is 286 g/mol. The summed E-state index contributed by atoms with van der Waals surface area (Å²) in [5, 5.41) is 11.4. The molecule has 0 saturated carbocycles. The molecule has 3 aromatic rings. The van der Waals surface area contributed by atoms with E-state index in [1.807, 2.05) is 31.2 Å². The van der Waals surface area contributed by atoms with E-state index in [4.69, 9.17) is 0 Å². The van der Waals surface area contributed by atoms with E-state index >= 15 is 0 Å². The summed E-state index contributed by atoms with van der Waals surface area (Å²) in [4.78, 5) is 25.6. The molecule has 0 saturated heterocycles. The standard InChI is InChI=1S/C14H10N2O3S/c1-8-3-2-4-9(5-8)12-6-10-13(20-12)11(16(18)19)7-15-14(10)17/h2-7H,1H3,(H,15,17). The lowest BCUT2D eigenvalue weighted by Crippen LogP contribution is -2.05. The molecule has 1 aromatic carbocycles. The molecular weight excluding hydrogens is 276 g/mol. The summed E-state index contributed by atoms with van der Waals surface area (Å²) in [5.41, 5.74) is 1.69. The zero-order valence-electron chi connectivity index (χ0n) is 10.5. The Bertz CT molecular complexity index is 880.